The third kappa shape index (κ3) is 5.98. The number of para-hydroxylation sites is 1. The molecule has 0 fully saturated rings. The summed E-state index contributed by atoms with van der Waals surface area (Å²) < 4.78 is 18.6. The van der Waals surface area contributed by atoms with Gasteiger partial charge in [0.1, 0.15) is 34.3 Å². The number of aromatic nitrogens is 2. The Morgan fingerprint density at radius 3 is 2.68 bits per heavy atom. The molecule has 34 heavy (non-hydrogen) atoms. The van der Waals surface area contributed by atoms with Crippen molar-refractivity contribution in [1.82, 2.24) is 9.97 Å². The molecule has 2 aromatic heterocycles. The number of carbonyl (C=O) groups is 1. The molecule has 170 valence electrons. The maximum Gasteiger partial charge on any atom is 0.257 e. The molecule has 0 aliphatic carbocycles. The van der Waals surface area contributed by atoms with Gasteiger partial charge < -0.3 is 10.1 Å². The fourth-order valence-corrected chi connectivity index (χ4v) is 4.73. The van der Waals surface area contributed by atoms with Crippen LogP contribution < -0.4 is 10.1 Å². The first-order valence-corrected chi connectivity index (χ1v) is 12.1. The molecule has 2 aromatic carbocycles. The van der Waals surface area contributed by atoms with Gasteiger partial charge in [0.2, 0.25) is 0 Å². The van der Waals surface area contributed by atoms with Gasteiger partial charge in [-0.25, -0.2) is 14.4 Å². The number of nitrogens with one attached hydrogen (secondary N) is 1. The van der Waals surface area contributed by atoms with Gasteiger partial charge in [-0.05, 0) is 49.4 Å². The van der Waals surface area contributed by atoms with Crippen LogP contribution in [-0.4, -0.2) is 15.9 Å². The standard InChI is InChI=1S/C25H19FN4O2S2/c1-16-22(24(31)30-19-5-3-2-4-6-19)11-17(12-27)25(28-16)34-15-20-14-33-23(29-20)13-32-21-9-7-18(26)8-10-21/h2-11,14H,13,15H2,1H3,(H,30,31). The van der Waals surface area contributed by atoms with Crippen molar-refractivity contribution in [2.75, 3.05) is 5.32 Å². The molecule has 4 rings (SSSR count). The van der Waals surface area contributed by atoms with Crippen molar-refractivity contribution in [3.8, 4) is 11.8 Å². The first kappa shape index (κ1) is 23.4. The van der Waals surface area contributed by atoms with Gasteiger partial charge in [0.05, 0.1) is 22.5 Å². The third-order valence-electron chi connectivity index (χ3n) is 4.71. The van der Waals surface area contributed by atoms with E-state index in [9.17, 15) is 14.4 Å². The first-order chi connectivity index (χ1) is 16.5. The molecule has 0 unspecified atom stereocenters. The van der Waals surface area contributed by atoms with Crippen molar-refractivity contribution < 1.29 is 13.9 Å². The molecule has 4 aromatic rings. The van der Waals surface area contributed by atoms with Crippen LogP contribution in [0.3, 0.4) is 0 Å². The van der Waals surface area contributed by atoms with E-state index in [0.717, 1.165) is 10.7 Å². The minimum atomic E-state index is -0.314. The van der Waals surface area contributed by atoms with Crippen molar-refractivity contribution in [2.45, 2.75) is 24.3 Å². The predicted octanol–water partition coefficient (Wildman–Crippen LogP) is 5.98. The Morgan fingerprint density at radius 1 is 1.18 bits per heavy atom. The molecule has 0 aliphatic rings. The average Bonchev–Trinajstić information content (AvgIpc) is 3.31. The first-order valence-electron chi connectivity index (χ1n) is 10.2. The maximum atomic E-state index is 13.0. The van der Waals surface area contributed by atoms with Gasteiger partial charge in [0.25, 0.3) is 5.91 Å². The van der Waals surface area contributed by atoms with E-state index in [1.54, 1.807) is 37.3 Å². The molecule has 0 spiro atoms. The number of nitriles is 1. The van der Waals surface area contributed by atoms with Crippen molar-refractivity contribution in [2.24, 2.45) is 0 Å². The highest BCUT2D eigenvalue weighted by atomic mass is 32.2. The highest BCUT2D eigenvalue weighted by Crippen LogP contribution is 2.27. The maximum absolute atomic E-state index is 13.0. The number of halogens is 1. The summed E-state index contributed by atoms with van der Waals surface area (Å²) in [5.74, 6) is 0.465. The number of pyridine rings is 1. The largest absolute Gasteiger partial charge is 0.486 e. The number of hydrogen-bond donors (Lipinski definition) is 1. The van der Waals surface area contributed by atoms with E-state index in [2.05, 4.69) is 21.4 Å². The quantitative estimate of drug-likeness (QED) is 0.306. The number of amides is 1. The number of anilines is 1. The van der Waals surface area contributed by atoms with Crippen LogP contribution in [0.15, 0.2) is 71.1 Å². The van der Waals surface area contributed by atoms with Gasteiger partial charge >= 0.3 is 0 Å². The van der Waals surface area contributed by atoms with Gasteiger partial charge in [-0.15, -0.1) is 11.3 Å². The lowest BCUT2D eigenvalue weighted by Crippen LogP contribution is -2.15. The molecule has 9 heteroatoms. The van der Waals surface area contributed by atoms with Crippen LogP contribution in [0.4, 0.5) is 10.1 Å². The number of hydrogen-bond acceptors (Lipinski definition) is 7. The summed E-state index contributed by atoms with van der Waals surface area (Å²) in [6.07, 6.45) is 0. The fourth-order valence-electron chi connectivity index (χ4n) is 3.02. The van der Waals surface area contributed by atoms with Crippen molar-refractivity contribution in [3.63, 3.8) is 0 Å². The number of thiazole rings is 1. The summed E-state index contributed by atoms with van der Waals surface area (Å²) in [6.45, 7) is 2.03. The number of aryl methyl sites for hydroxylation is 1. The van der Waals surface area contributed by atoms with Crippen LogP contribution in [0.5, 0.6) is 5.75 Å². The van der Waals surface area contributed by atoms with E-state index in [4.69, 9.17) is 4.74 Å². The lowest BCUT2D eigenvalue weighted by molar-refractivity contribution is 0.102. The fraction of sp³-hybridized carbons (Fsp3) is 0.120. The number of carbonyl (C=O) groups excluding carboxylic acids is 1. The Kier molecular flexibility index (Phi) is 7.52. The van der Waals surface area contributed by atoms with Gasteiger partial charge in [-0.1, -0.05) is 30.0 Å². The molecular weight excluding hydrogens is 471 g/mol. The topological polar surface area (TPSA) is 87.9 Å². The Bertz CT molecular complexity index is 1340. The van der Waals surface area contributed by atoms with Crippen LogP contribution in [0.2, 0.25) is 0 Å². The number of benzene rings is 2. The number of ether oxygens (including phenoxy) is 1. The lowest BCUT2D eigenvalue weighted by atomic mass is 10.1. The van der Waals surface area contributed by atoms with Crippen LogP contribution >= 0.6 is 23.1 Å². The number of nitrogens with zero attached hydrogens (tertiary/aromatic N) is 3. The van der Waals surface area contributed by atoms with E-state index < -0.39 is 0 Å². The zero-order valence-corrected chi connectivity index (χ0v) is 19.8. The zero-order chi connectivity index (χ0) is 23.9. The Balaban J connectivity index is 1.39. The zero-order valence-electron chi connectivity index (χ0n) is 18.1. The minimum Gasteiger partial charge on any atom is -0.486 e. The average molecular weight is 491 g/mol. The molecule has 6 nitrogen and oxygen atoms in total. The Morgan fingerprint density at radius 2 is 1.94 bits per heavy atom. The van der Waals surface area contributed by atoms with Gasteiger partial charge in [0, 0.05) is 16.8 Å². The van der Waals surface area contributed by atoms with Crippen LogP contribution in [-0.2, 0) is 12.4 Å². The summed E-state index contributed by atoms with van der Waals surface area (Å²) in [6, 6.07) is 18.7. The smallest absolute Gasteiger partial charge is 0.257 e. The van der Waals surface area contributed by atoms with Crippen molar-refractivity contribution in [3.05, 3.63) is 99.4 Å². The normalized spacial score (nSPS) is 10.5. The molecule has 0 saturated heterocycles. The molecule has 0 aliphatic heterocycles. The summed E-state index contributed by atoms with van der Waals surface area (Å²) in [5, 5.41) is 15.7. The summed E-state index contributed by atoms with van der Waals surface area (Å²) >= 11 is 2.85. The second kappa shape index (κ2) is 10.9. The van der Waals surface area contributed by atoms with E-state index >= 15 is 0 Å². The summed E-state index contributed by atoms with van der Waals surface area (Å²) in [7, 11) is 0. The molecule has 2 heterocycles. The molecule has 0 radical (unpaired) electrons. The number of rotatable bonds is 8. The third-order valence-corrected chi connectivity index (χ3v) is 6.60. The highest BCUT2D eigenvalue weighted by Gasteiger charge is 2.16. The summed E-state index contributed by atoms with van der Waals surface area (Å²) in [4.78, 5) is 21.7. The van der Waals surface area contributed by atoms with Gasteiger partial charge in [0.15, 0.2) is 0 Å². The van der Waals surface area contributed by atoms with Crippen LogP contribution in [0.1, 0.15) is 32.3 Å². The van der Waals surface area contributed by atoms with Gasteiger partial charge in [-0.2, -0.15) is 5.26 Å². The van der Waals surface area contributed by atoms with Crippen molar-refractivity contribution in [1.29, 1.82) is 5.26 Å². The predicted molar refractivity (Wildman–Crippen MR) is 130 cm³/mol. The number of thioether (sulfide) groups is 1. The monoisotopic (exact) mass is 490 g/mol. The Hall–Kier alpha value is -3.74. The molecule has 1 amide bonds. The van der Waals surface area contributed by atoms with E-state index in [0.29, 0.717) is 39.0 Å². The molecular formula is C25H19FN4O2S2. The molecule has 1 N–H and O–H groups in total. The molecule has 0 saturated carbocycles. The van der Waals surface area contributed by atoms with Crippen LogP contribution in [0, 0.1) is 24.1 Å². The van der Waals surface area contributed by atoms with Crippen LogP contribution in [0.25, 0.3) is 0 Å². The lowest BCUT2D eigenvalue weighted by Gasteiger charge is -2.10. The van der Waals surface area contributed by atoms with E-state index in [1.807, 2.05) is 23.6 Å². The summed E-state index contributed by atoms with van der Waals surface area (Å²) in [5.41, 5.74) is 2.75. The second-order valence-electron chi connectivity index (χ2n) is 7.17. The minimum absolute atomic E-state index is 0.285. The highest BCUT2D eigenvalue weighted by molar-refractivity contribution is 7.98. The second-order valence-corrected chi connectivity index (χ2v) is 9.08. The van der Waals surface area contributed by atoms with E-state index in [-0.39, 0.29) is 18.3 Å². The van der Waals surface area contributed by atoms with Crippen molar-refractivity contribution >= 4 is 34.7 Å². The Labute approximate surface area is 204 Å². The van der Waals surface area contributed by atoms with E-state index in [1.165, 1.54) is 35.2 Å². The molecule has 0 atom stereocenters. The van der Waals surface area contributed by atoms with Gasteiger partial charge in [-0.3, -0.25) is 4.79 Å². The molecule has 0 bridgehead atoms. The SMILES string of the molecule is Cc1nc(SCc2csc(COc3ccc(F)cc3)n2)c(C#N)cc1C(=O)Nc1ccccc1.